The average molecular weight is 200 g/mol. The van der Waals surface area contributed by atoms with Crippen LogP contribution in [0.15, 0.2) is 23.3 Å². The predicted molar refractivity (Wildman–Crippen MR) is 53.0 cm³/mol. The lowest BCUT2D eigenvalue weighted by molar-refractivity contribution is -0.139. The number of hydrogen-bond donors (Lipinski definition) is 0. The molecule has 0 aromatic rings. The van der Waals surface area contributed by atoms with Gasteiger partial charge in [0.05, 0.1) is 6.54 Å². The van der Waals surface area contributed by atoms with Crippen LogP contribution in [0.4, 0.5) is 0 Å². The van der Waals surface area contributed by atoms with E-state index in [1.54, 1.807) is 6.07 Å². The Morgan fingerprint density at radius 2 is 2.07 bits per heavy atom. The second kappa shape index (κ2) is 3.81. The van der Waals surface area contributed by atoms with E-state index in [2.05, 4.69) is 12.5 Å². The van der Waals surface area contributed by atoms with Crippen LogP contribution in [0.1, 0.15) is 6.92 Å². The molecule has 0 fully saturated rings. The van der Waals surface area contributed by atoms with E-state index in [1.807, 2.05) is 0 Å². The fourth-order valence-corrected chi connectivity index (χ4v) is 1.23. The topological polar surface area (TPSA) is 61.2 Å². The number of nitrogens with zero attached hydrogens (tertiary/aromatic N) is 2. The van der Waals surface area contributed by atoms with Crippen molar-refractivity contribution in [2.75, 3.05) is 6.54 Å². The Morgan fingerprint density at radius 1 is 1.47 bits per heavy atom. The molecule has 15 heavy (non-hydrogen) atoms. The largest absolute Gasteiger partial charge is 0.272 e. The molecule has 0 spiro atoms. The fourth-order valence-electron chi connectivity index (χ4n) is 1.23. The molecule has 0 saturated carbocycles. The average Bonchev–Trinajstić information content (AvgIpc) is 2.22. The quantitative estimate of drug-likeness (QED) is 0.349. The molecule has 0 saturated heterocycles. The van der Waals surface area contributed by atoms with Crippen molar-refractivity contribution >= 4 is 11.8 Å². The highest BCUT2D eigenvalue weighted by atomic mass is 16.2. The molecule has 0 aliphatic carbocycles. The second-order valence-electron chi connectivity index (χ2n) is 2.99. The first-order valence-corrected chi connectivity index (χ1v) is 4.14. The van der Waals surface area contributed by atoms with Crippen LogP contribution in [-0.4, -0.2) is 23.3 Å². The van der Waals surface area contributed by atoms with E-state index >= 15 is 0 Å². The van der Waals surface area contributed by atoms with Crippen molar-refractivity contribution in [3.63, 3.8) is 0 Å². The number of carbonyl (C=O) groups is 2. The van der Waals surface area contributed by atoms with Gasteiger partial charge >= 0.3 is 0 Å². The molecule has 0 N–H and O–H groups in total. The van der Waals surface area contributed by atoms with E-state index in [9.17, 15) is 9.59 Å². The summed E-state index contributed by atoms with van der Waals surface area (Å²) < 4.78 is 0. The van der Waals surface area contributed by atoms with E-state index in [1.165, 1.54) is 6.92 Å². The van der Waals surface area contributed by atoms with E-state index in [0.29, 0.717) is 5.57 Å². The molecule has 0 bridgehead atoms. The molecule has 4 nitrogen and oxygen atoms in total. The maximum Gasteiger partial charge on any atom is 0.272 e. The van der Waals surface area contributed by atoms with Crippen molar-refractivity contribution in [1.82, 2.24) is 4.90 Å². The Hall–Kier alpha value is -2.33. The first kappa shape index (κ1) is 10.7. The lowest BCUT2D eigenvalue weighted by Crippen LogP contribution is -2.42. The first-order chi connectivity index (χ1) is 7.04. The minimum absolute atomic E-state index is 0.0742. The van der Waals surface area contributed by atoms with Gasteiger partial charge in [-0.05, 0) is 12.5 Å². The van der Waals surface area contributed by atoms with E-state index < -0.39 is 11.8 Å². The molecule has 74 valence electrons. The molecular weight excluding hydrogens is 192 g/mol. The Bertz CT molecular complexity index is 472. The summed E-state index contributed by atoms with van der Waals surface area (Å²) >= 11 is 0. The summed E-state index contributed by atoms with van der Waals surface area (Å²) in [6.07, 6.45) is 5.03. The minimum Gasteiger partial charge on any atom is -0.269 e. The summed E-state index contributed by atoms with van der Waals surface area (Å²) in [7, 11) is 0. The van der Waals surface area contributed by atoms with Gasteiger partial charge in [0.1, 0.15) is 11.6 Å². The number of terminal acetylenes is 1. The monoisotopic (exact) mass is 200 g/mol. The summed E-state index contributed by atoms with van der Waals surface area (Å²) in [4.78, 5) is 24.0. The molecule has 2 amide bonds. The predicted octanol–water partition coefficient (Wildman–Crippen LogP) is 0.385. The lowest BCUT2D eigenvalue weighted by atomic mass is 9.97. The molecular formula is C11H8N2O2. The number of hydrogen-bond acceptors (Lipinski definition) is 3. The van der Waals surface area contributed by atoms with Crippen molar-refractivity contribution in [3.05, 3.63) is 23.3 Å². The summed E-state index contributed by atoms with van der Waals surface area (Å²) in [5.74, 6) is 1.01. The third-order valence-electron chi connectivity index (χ3n) is 2.15. The van der Waals surface area contributed by atoms with Gasteiger partial charge in [-0.1, -0.05) is 12.5 Å². The summed E-state index contributed by atoms with van der Waals surface area (Å²) in [6.45, 7) is 4.89. The molecule has 0 radical (unpaired) electrons. The standard InChI is InChI=1S/C11H8N2O2/c1-4-5-13-10(14)8(3)7(2)9(6-12)11(13)15/h1H,3,5H2,2H3. The number of carbonyl (C=O) groups excluding carboxylic acids is 2. The molecule has 0 atom stereocenters. The normalized spacial score (nSPS) is 16.5. The second-order valence-corrected chi connectivity index (χ2v) is 2.99. The van der Waals surface area contributed by atoms with Crippen LogP contribution in [0.5, 0.6) is 0 Å². The third kappa shape index (κ3) is 1.53. The van der Waals surface area contributed by atoms with Crippen LogP contribution in [-0.2, 0) is 9.59 Å². The van der Waals surface area contributed by atoms with Crippen LogP contribution in [0.3, 0.4) is 0 Å². The summed E-state index contributed by atoms with van der Waals surface area (Å²) in [5.41, 5.74) is 0.386. The van der Waals surface area contributed by atoms with Gasteiger partial charge in [0.2, 0.25) is 0 Å². The van der Waals surface area contributed by atoms with Gasteiger partial charge < -0.3 is 0 Å². The zero-order valence-corrected chi connectivity index (χ0v) is 8.20. The number of amides is 2. The first-order valence-electron chi connectivity index (χ1n) is 4.14. The van der Waals surface area contributed by atoms with Crippen molar-refractivity contribution in [2.45, 2.75) is 6.92 Å². The molecule has 1 aliphatic rings. The maximum absolute atomic E-state index is 11.6. The molecule has 1 aliphatic heterocycles. The van der Waals surface area contributed by atoms with Gasteiger partial charge in [0.15, 0.2) is 0 Å². The van der Waals surface area contributed by atoms with Crippen molar-refractivity contribution in [2.24, 2.45) is 0 Å². The SMILES string of the molecule is C#CCN1C(=O)C(=C)C(C)=C(C#N)C1=O. The van der Waals surface area contributed by atoms with Gasteiger partial charge in [-0.2, -0.15) is 5.26 Å². The van der Waals surface area contributed by atoms with Gasteiger partial charge in [0.25, 0.3) is 11.8 Å². The molecule has 4 heteroatoms. The van der Waals surface area contributed by atoms with Crippen molar-refractivity contribution in [3.8, 4) is 18.4 Å². The molecule has 1 heterocycles. The molecule has 0 aromatic heterocycles. The Balaban J connectivity index is 3.30. The Labute approximate surface area is 87.5 Å². The van der Waals surface area contributed by atoms with Crippen molar-refractivity contribution in [1.29, 1.82) is 5.26 Å². The van der Waals surface area contributed by atoms with E-state index in [-0.39, 0.29) is 17.7 Å². The zero-order valence-electron chi connectivity index (χ0n) is 8.20. The highest BCUT2D eigenvalue weighted by Crippen LogP contribution is 2.22. The fraction of sp³-hybridized carbons (Fsp3) is 0.182. The third-order valence-corrected chi connectivity index (χ3v) is 2.15. The van der Waals surface area contributed by atoms with Gasteiger partial charge in [-0.3, -0.25) is 14.5 Å². The van der Waals surface area contributed by atoms with Crippen LogP contribution in [0, 0.1) is 23.7 Å². The van der Waals surface area contributed by atoms with E-state index in [0.717, 1.165) is 4.90 Å². The smallest absolute Gasteiger partial charge is 0.269 e. The van der Waals surface area contributed by atoms with Crippen LogP contribution >= 0.6 is 0 Å². The summed E-state index contributed by atoms with van der Waals surface area (Å²) in [5, 5.41) is 8.76. The van der Waals surface area contributed by atoms with Crippen molar-refractivity contribution < 1.29 is 9.59 Å². The highest BCUT2D eigenvalue weighted by molar-refractivity contribution is 6.17. The molecule has 0 aromatic carbocycles. The molecule has 0 unspecified atom stereocenters. The lowest BCUT2D eigenvalue weighted by Gasteiger charge is -2.24. The number of nitriles is 1. The van der Waals surface area contributed by atoms with Gasteiger partial charge in [0, 0.05) is 5.57 Å². The van der Waals surface area contributed by atoms with E-state index in [4.69, 9.17) is 11.7 Å². The maximum atomic E-state index is 11.6. The summed E-state index contributed by atoms with van der Waals surface area (Å²) in [6, 6.07) is 1.75. The van der Waals surface area contributed by atoms with Gasteiger partial charge in [-0.25, -0.2) is 0 Å². The number of rotatable bonds is 1. The Kier molecular flexibility index (Phi) is 2.73. The van der Waals surface area contributed by atoms with Crippen LogP contribution in [0.25, 0.3) is 0 Å². The zero-order chi connectivity index (χ0) is 11.6. The molecule has 1 rings (SSSR count). The van der Waals surface area contributed by atoms with Gasteiger partial charge in [-0.15, -0.1) is 6.42 Å². The van der Waals surface area contributed by atoms with Crippen LogP contribution < -0.4 is 0 Å². The Morgan fingerprint density at radius 3 is 2.53 bits per heavy atom. The van der Waals surface area contributed by atoms with Crippen LogP contribution in [0.2, 0.25) is 0 Å². The minimum atomic E-state index is -0.648. The number of imide groups is 1. The highest BCUT2D eigenvalue weighted by Gasteiger charge is 2.33.